The van der Waals surface area contributed by atoms with Crippen LogP contribution in [0, 0.1) is 18.8 Å². The lowest BCUT2D eigenvalue weighted by atomic mass is 9.83. The molecule has 5 nitrogen and oxygen atoms in total. The molecule has 0 heterocycles. The second-order valence-corrected chi connectivity index (χ2v) is 7.81. The largest absolute Gasteiger partial charge is 0.350 e. The molecule has 0 bridgehead atoms. The normalized spacial score (nSPS) is 16.9. The van der Waals surface area contributed by atoms with Gasteiger partial charge in [0.1, 0.15) is 6.04 Å². The molecule has 1 aliphatic rings. The van der Waals surface area contributed by atoms with E-state index in [0.717, 1.165) is 18.4 Å². The van der Waals surface area contributed by atoms with E-state index in [-0.39, 0.29) is 36.2 Å². The van der Waals surface area contributed by atoms with E-state index in [1.54, 1.807) is 6.07 Å². The summed E-state index contributed by atoms with van der Waals surface area (Å²) in [5.41, 5.74) is 7.53. The van der Waals surface area contributed by atoms with Gasteiger partial charge in [-0.25, -0.2) is 0 Å². The van der Waals surface area contributed by atoms with Gasteiger partial charge in [-0.1, -0.05) is 50.8 Å². The van der Waals surface area contributed by atoms with Crippen LogP contribution in [0.25, 0.3) is 0 Å². The van der Waals surface area contributed by atoms with E-state index in [0.29, 0.717) is 18.0 Å². The molecular weight excluding hydrogens is 362 g/mol. The Morgan fingerprint density at radius 3 is 2.37 bits per heavy atom. The van der Waals surface area contributed by atoms with E-state index in [2.05, 4.69) is 10.6 Å². The number of nitrogens with one attached hydrogen (secondary N) is 2. The van der Waals surface area contributed by atoms with E-state index in [1.165, 1.54) is 19.3 Å². The summed E-state index contributed by atoms with van der Waals surface area (Å²) < 4.78 is 0. The fourth-order valence-corrected chi connectivity index (χ4v) is 3.72. The van der Waals surface area contributed by atoms with Gasteiger partial charge in [-0.3, -0.25) is 9.59 Å². The highest BCUT2D eigenvalue weighted by atomic mass is 35.5. The van der Waals surface area contributed by atoms with Crippen LogP contribution in [0.15, 0.2) is 24.3 Å². The van der Waals surface area contributed by atoms with E-state index in [1.807, 2.05) is 39.0 Å². The summed E-state index contributed by atoms with van der Waals surface area (Å²) in [6.45, 7) is 6.27. The fraction of sp³-hybridized carbons (Fsp3) is 0.619. The number of benzene rings is 1. The van der Waals surface area contributed by atoms with Crippen LogP contribution in [0.3, 0.4) is 0 Å². The molecule has 152 valence electrons. The fourth-order valence-electron chi connectivity index (χ4n) is 3.72. The highest BCUT2D eigenvalue weighted by Gasteiger charge is 2.29. The molecule has 2 atom stereocenters. The van der Waals surface area contributed by atoms with Crippen LogP contribution in [0.2, 0.25) is 0 Å². The molecule has 1 fully saturated rings. The summed E-state index contributed by atoms with van der Waals surface area (Å²) >= 11 is 0. The maximum absolute atomic E-state index is 12.8. The van der Waals surface area contributed by atoms with Crippen LogP contribution in [0.5, 0.6) is 0 Å². The molecule has 27 heavy (non-hydrogen) atoms. The number of hydrogen-bond acceptors (Lipinski definition) is 3. The molecule has 0 radical (unpaired) electrons. The Bertz CT molecular complexity index is 615. The van der Waals surface area contributed by atoms with Crippen molar-refractivity contribution < 1.29 is 9.59 Å². The first kappa shape index (κ1) is 23.4. The Kier molecular flexibility index (Phi) is 9.81. The Labute approximate surface area is 169 Å². The molecule has 1 aliphatic carbocycles. The SMILES string of the molecule is Cc1cccc(C(=O)NC(C(=O)NC(CN)C2CCCCC2)C(C)C)c1.Cl. The molecule has 1 saturated carbocycles. The third-order valence-corrected chi connectivity index (χ3v) is 5.32. The zero-order valence-electron chi connectivity index (χ0n) is 16.7. The minimum Gasteiger partial charge on any atom is -0.350 e. The number of hydrogen-bond donors (Lipinski definition) is 3. The van der Waals surface area contributed by atoms with Gasteiger partial charge in [0.25, 0.3) is 5.91 Å². The standard InChI is InChI=1S/C21H33N3O2.ClH/c1-14(2)19(24-20(25)17-11-7-8-15(3)12-17)21(26)23-18(13-22)16-9-5-4-6-10-16;/h7-8,11-12,14,16,18-19H,4-6,9-10,13,22H2,1-3H3,(H,23,26)(H,24,25);1H. The number of halogens is 1. The van der Waals surface area contributed by atoms with Crippen molar-refractivity contribution >= 4 is 24.2 Å². The maximum Gasteiger partial charge on any atom is 0.251 e. The quantitative estimate of drug-likeness (QED) is 0.662. The summed E-state index contributed by atoms with van der Waals surface area (Å²) in [6, 6.07) is 6.81. The molecule has 2 rings (SSSR count). The van der Waals surface area contributed by atoms with Gasteiger partial charge in [0, 0.05) is 18.2 Å². The van der Waals surface area contributed by atoms with Gasteiger partial charge >= 0.3 is 0 Å². The molecule has 1 aromatic rings. The van der Waals surface area contributed by atoms with Gasteiger partial charge in [0.2, 0.25) is 5.91 Å². The van der Waals surface area contributed by atoms with Crippen molar-refractivity contribution in [3.8, 4) is 0 Å². The second kappa shape index (κ2) is 11.3. The van der Waals surface area contributed by atoms with Crippen LogP contribution in [0.1, 0.15) is 61.9 Å². The Hall–Kier alpha value is -1.59. The van der Waals surface area contributed by atoms with Gasteiger partial charge in [0.15, 0.2) is 0 Å². The molecule has 4 N–H and O–H groups in total. The van der Waals surface area contributed by atoms with Crippen LogP contribution in [0.4, 0.5) is 0 Å². The average Bonchev–Trinajstić information content (AvgIpc) is 2.64. The number of carbonyl (C=O) groups excluding carboxylic acids is 2. The van der Waals surface area contributed by atoms with E-state index in [9.17, 15) is 9.59 Å². The summed E-state index contributed by atoms with van der Waals surface area (Å²) in [5.74, 6) is 0.0815. The first-order valence-corrected chi connectivity index (χ1v) is 9.80. The summed E-state index contributed by atoms with van der Waals surface area (Å²) in [7, 11) is 0. The molecule has 0 aliphatic heterocycles. The third kappa shape index (κ3) is 6.82. The number of nitrogens with two attached hydrogens (primary N) is 1. The van der Waals surface area contributed by atoms with Crippen molar-refractivity contribution in [1.82, 2.24) is 10.6 Å². The van der Waals surface area contributed by atoms with E-state index in [4.69, 9.17) is 5.73 Å². The third-order valence-electron chi connectivity index (χ3n) is 5.32. The smallest absolute Gasteiger partial charge is 0.251 e. The minimum absolute atomic E-state index is 0. The van der Waals surface area contributed by atoms with Crippen molar-refractivity contribution in [3.05, 3.63) is 35.4 Å². The maximum atomic E-state index is 12.8. The zero-order chi connectivity index (χ0) is 19.1. The van der Waals surface area contributed by atoms with Crippen molar-refractivity contribution in [3.63, 3.8) is 0 Å². The van der Waals surface area contributed by atoms with Crippen LogP contribution in [-0.4, -0.2) is 30.4 Å². The van der Waals surface area contributed by atoms with Crippen molar-refractivity contribution in [1.29, 1.82) is 0 Å². The van der Waals surface area contributed by atoms with E-state index >= 15 is 0 Å². The Balaban J connectivity index is 0.00000364. The zero-order valence-corrected chi connectivity index (χ0v) is 17.5. The minimum atomic E-state index is -0.569. The number of amides is 2. The molecule has 1 aromatic carbocycles. The molecule has 0 aromatic heterocycles. The average molecular weight is 396 g/mol. The number of aryl methyl sites for hydroxylation is 1. The molecule has 0 saturated heterocycles. The van der Waals surface area contributed by atoms with E-state index < -0.39 is 6.04 Å². The van der Waals surface area contributed by atoms with Gasteiger partial charge in [-0.2, -0.15) is 0 Å². The lowest BCUT2D eigenvalue weighted by molar-refractivity contribution is -0.125. The predicted octanol–water partition coefficient (Wildman–Crippen LogP) is 3.20. The van der Waals surface area contributed by atoms with Crippen LogP contribution >= 0.6 is 12.4 Å². The van der Waals surface area contributed by atoms with Crippen LogP contribution in [-0.2, 0) is 4.79 Å². The lowest BCUT2D eigenvalue weighted by Crippen LogP contribution is -2.55. The molecule has 6 heteroatoms. The Morgan fingerprint density at radius 1 is 1.15 bits per heavy atom. The number of carbonyl (C=O) groups is 2. The predicted molar refractivity (Wildman–Crippen MR) is 112 cm³/mol. The Morgan fingerprint density at radius 2 is 1.81 bits per heavy atom. The monoisotopic (exact) mass is 395 g/mol. The molecule has 2 unspecified atom stereocenters. The molecule has 0 spiro atoms. The lowest BCUT2D eigenvalue weighted by Gasteiger charge is -2.32. The first-order chi connectivity index (χ1) is 12.4. The second-order valence-electron chi connectivity index (χ2n) is 7.81. The van der Waals surface area contributed by atoms with Crippen molar-refractivity contribution in [2.24, 2.45) is 17.6 Å². The topological polar surface area (TPSA) is 84.2 Å². The summed E-state index contributed by atoms with van der Waals surface area (Å²) in [6.07, 6.45) is 5.90. The summed E-state index contributed by atoms with van der Waals surface area (Å²) in [4.78, 5) is 25.4. The van der Waals surface area contributed by atoms with Crippen molar-refractivity contribution in [2.75, 3.05) is 6.54 Å². The van der Waals surface area contributed by atoms with Gasteiger partial charge < -0.3 is 16.4 Å². The molecular formula is C21H34ClN3O2. The van der Waals surface area contributed by atoms with Crippen molar-refractivity contribution in [2.45, 2.75) is 65.0 Å². The van der Waals surface area contributed by atoms with Gasteiger partial charge in [0.05, 0.1) is 0 Å². The molecule has 2 amide bonds. The highest BCUT2D eigenvalue weighted by molar-refractivity contribution is 5.97. The summed E-state index contributed by atoms with van der Waals surface area (Å²) in [5, 5.41) is 6.01. The van der Waals surface area contributed by atoms with Crippen LogP contribution < -0.4 is 16.4 Å². The van der Waals surface area contributed by atoms with Gasteiger partial charge in [-0.15, -0.1) is 12.4 Å². The van der Waals surface area contributed by atoms with Gasteiger partial charge in [-0.05, 0) is 43.7 Å². The first-order valence-electron chi connectivity index (χ1n) is 9.80. The highest BCUT2D eigenvalue weighted by Crippen LogP contribution is 2.26. The number of rotatable bonds is 7.